The minimum absolute atomic E-state index is 2.41. The van der Waals surface area contributed by atoms with E-state index in [-0.39, 0.29) is 0 Å². The van der Waals surface area contributed by atoms with E-state index in [4.69, 9.17) is 0 Å². The van der Waals surface area contributed by atoms with Gasteiger partial charge in [0.05, 0.1) is 0 Å². The Balaban J connectivity index is 6.64. The molecule has 2 atom stereocenters. The maximum atomic E-state index is 13.2. The lowest BCUT2D eigenvalue weighted by Crippen LogP contribution is -2.71. The van der Waals surface area contributed by atoms with Crippen LogP contribution in [-0.4, -0.2) is 36.0 Å². The van der Waals surface area contributed by atoms with Crippen LogP contribution in [0.3, 0.4) is 0 Å². The van der Waals surface area contributed by atoms with Gasteiger partial charge in [0, 0.05) is 6.08 Å². The maximum absolute atomic E-state index is 13.2. The van der Waals surface area contributed by atoms with Crippen LogP contribution in [0.1, 0.15) is 0 Å². The molecule has 0 radical (unpaired) electrons. The standard InChI is InChI=1S/C8H2F14/c9-2(10)1-4(13,7(17,18)19)6(15,16)5(14,3(11)12)8(20,21)22/h1,3H. The van der Waals surface area contributed by atoms with Crippen molar-refractivity contribution in [1.29, 1.82) is 0 Å². The van der Waals surface area contributed by atoms with Crippen LogP contribution < -0.4 is 0 Å². The molecule has 2 unspecified atom stereocenters. The topological polar surface area (TPSA) is 0 Å². The third-order valence-electron chi connectivity index (χ3n) is 2.35. The Hall–Kier alpha value is -1.24. The Morgan fingerprint density at radius 3 is 1.23 bits per heavy atom. The Labute approximate surface area is 111 Å². The third-order valence-corrected chi connectivity index (χ3v) is 2.35. The van der Waals surface area contributed by atoms with Crippen LogP contribution in [0.2, 0.25) is 0 Å². The van der Waals surface area contributed by atoms with Crippen molar-refractivity contribution in [3.8, 4) is 0 Å². The molecule has 0 fully saturated rings. The first-order valence-corrected chi connectivity index (χ1v) is 4.57. The second-order valence-corrected chi connectivity index (χ2v) is 3.73. The summed E-state index contributed by atoms with van der Waals surface area (Å²) < 4.78 is 172. The molecule has 0 amide bonds. The van der Waals surface area contributed by atoms with Gasteiger partial charge in [0.15, 0.2) is 0 Å². The lowest BCUT2D eigenvalue weighted by atomic mass is 9.83. The Morgan fingerprint density at radius 1 is 0.682 bits per heavy atom. The van der Waals surface area contributed by atoms with Crippen LogP contribution >= 0.6 is 0 Å². The van der Waals surface area contributed by atoms with Crippen molar-refractivity contribution in [3.05, 3.63) is 12.2 Å². The SMILES string of the molecule is FC(F)=CC(F)(C(F)(F)F)C(F)(F)C(F)(C(F)F)C(F)(F)F. The molecule has 0 rings (SSSR count). The molecule has 0 aromatic rings. The Bertz CT molecular complexity index is 425. The Kier molecular flexibility index (Phi) is 5.13. The first kappa shape index (κ1) is 20.8. The van der Waals surface area contributed by atoms with Crippen molar-refractivity contribution < 1.29 is 61.5 Å². The zero-order chi connectivity index (χ0) is 18.4. The fourth-order valence-corrected chi connectivity index (χ4v) is 1.20. The maximum Gasteiger partial charge on any atom is 0.434 e. The van der Waals surface area contributed by atoms with E-state index in [1.54, 1.807) is 0 Å². The van der Waals surface area contributed by atoms with Gasteiger partial charge in [-0.3, -0.25) is 0 Å². The Morgan fingerprint density at radius 2 is 1.05 bits per heavy atom. The summed E-state index contributed by atoms with van der Waals surface area (Å²) in [7, 11) is 0. The highest BCUT2D eigenvalue weighted by atomic mass is 19.4. The van der Waals surface area contributed by atoms with E-state index in [0.29, 0.717) is 0 Å². The minimum Gasteiger partial charge on any atom is -0.222 e. The van der Waals surface area contributed by atoms with Crippen molar-refractivity contribution in [1.82, 2.24) is 0 Å². The fourth-order valence-electron chi connectivity index (χ4n) is 1.20. The summed E-state index contributed by atoms with van der Waals surface area (Å²) in [6, 6.07) is 0. The van der Waals surface area contributed by atoms with E-state index in [1.807, 2.05) is 0 Å². The van der Waals surface area contributed by atoms with E-state index in [1.165, 1.54) is 0 Å². The predicted molar refractivity (Wildman–Crippen MR) is 41.0 cm³/mol. The molecule has 0 aromatic heterocycles. The number of rotatable bonds is 4. The number of hydrogen-bond donors (Lipinski definition) is 0. The quantitative estimate of drug-likeness (QED) is 0.601. The van der Waals surface area contributed by atoms with Gasteiger partial charge in [0.2, 0.25) is 0 Å². The van der Waals surface area contributed by atoms with E-state index in [0.717, 1.165) is 0 Å². The monoisotopic (exact) mass is 364 g/mol. The zero-order valence-electron chi connectivity index (χ0n) is 9.45. The van der Waals surface area contributed by atoms with Crippen LogP contribution in [0.4, 0.5) is 61.5 Å². The van der Waals surface area contributed by atoms with Gasteiger partial charge in [-0.15, -0.1) is 0 Å². The molecule has 0 aliphatic carbocycles. The summed E-state index contributed by atoms with van der Waals surface area (Å²) in [4.78, 5) is 0. The van der Waals surface area contributed by atoms with Crippen LogP contribution in [0.5, 0.6) is 0 Å². The molecule has 0 spiro atoms. The van der Waals surface area contributed by atoms with Crippen LogP contribution in [0, 0.1) is 0 Å². The summed E-state index contributed by atoms with van der Waals surface area (Å²) in [5.41, 5.74) is -14.4. The number of halogens is 14. The first-order valence-electron chi connectivity index (χ1n) is 4.57. The third kappa shape index (κ3) is 2.83. The fraction of sp³-hybridized carbons (Fsp3) is 0.750. The van der Waals surface area contributed by atoms with Crippen molar-refractivity contribution in [2.45, 2.75) is 36.0 Å². The van der Waals surface area contributed by atoms with Gasteiger partial charge in [0.25, 0.3) is 18.2 Å². The molecular weight excluding hydrogens is 362 g/mol. The number of alkyl halides is 12. The largest absolute Gasteiger partial charge is 0.434 e. The molecule has 0 bridgehead atoms. The molecule has 0 nitrogen and oxygen atoms in total. The lowest BCUT2D eigenvalue weighted by Gasteiger charge is -2.41. The molecule has 0 aromatic carbocycles. The second kappa shape index (κ2) is 5.44. The molecule has 0 aliphatic heterocycles. The van der Waals surface area contributed by atoms with Crippen LogP contribution in [0.25, 0.3) is 0 Å². The molecule has 0 saturated heterocycles. The summed E-state index contributed by atoms with van der Waals surface area (Å²) in [5.74, 6) is -7.66. The molecule has 132 valence electrons. The number of allylic oxidation sites excluding steroid dienone is 1. The van der Waals surface area contributed by atoms with Crippen molar-refractivity contribution in [3.63, 3.8) is 0 Å². The number of hydrogen-bond acceptors (Lipinski definition) is 0. The van der Waals surface area contributed by atoms with Gasteiger partial charge in [-0.1, -0.05) is 0 Å². The average molecular weight is 364 g/mol. The van der Waals surface area contributed by atoms with Gasteiger partial charge >= 0.3 is 23.9 Å². The van der Waals surface area contributed by atoms with Gasteiger partial charge < -0.3 is 0 Å². The molecule has 0 aliphatic rings. The molecule has 0 saturated carbocycles. The average Bonchev–Trinajstić information content (AvgIpc) is 2.22. The van der Waals surface area contributed by atoms with Gasteiger partial charge in [-0.25, -0.2) is 17.6 Å². The van der Waals surface area contributed by atoms with E-state index < -0.39 is 48.2 Å². The van der Waals surface area contributed by atoms with Crippen LogP contribution in [-0.2, 0) is 0 Å². The smallest absolute Gasteiger partial charge is 0.222 e. The zero-order valence-corrected chi connectivity index (χ0v) is 9.45. The van der Waals surface area contributed by atoms with Gasteiger partial charge in [-0.05, 0) is 0 Å². The highest BCUT2D eigenvalue weighted by molar-refractivity contribution is 5.22. The van der Waals surface area contributed by atoms with Crippen molar-refractivity contribution >= 4 is 0 Å². The summed E-state index contributed by atoms with van der Waals surface area (Å²) in [6.07, 6.45) is -26.9. The highest BCUT2D eigenvalue weighted by Gasteiger charge is 2.87. The van der Waals surface area contributed by atoms with Crippen molar-refractivity contribution in [2.24, 2.45) is 0 Å². The van der Waals surface area contributed by atoms with Gasteiger partial charge in [-0.2, -0.15) is 43.9 Å². The van der Waals surface area contributed by atoms with Crippen LogP contribution in [0.15, 0.2) is 12.2 Å². The van der Waals surface area contributed by atoms with E-state index in [2.05, 4.69) is 0 Å². The summed E-state index contributed by atoms with van der Waals surface area (Å²) >= 11 is 0. The summed E-state index contributed by atoms with van der Waals surface area (Å²) in [5, 5.41) is 0. The highest BCUT2D eigenvalue weighted by Crippen LogP contribution is 2.59. The lowest BCUT2D eigenvalue weighted by molar-refractivity contribution is -0.387. The molecule has 22 heavy (non-hydrogen) atoms. The molecular formula is C8H2F14. The normalized spacial score (nSPS) is 19.6. The first-order chi connectivity index (χ1) is 9.36. The van der Waals surface area contributed by atoms with Crippen molar-refractivity contribution in [2.75, 3.05) is 0 Å². The second-order valence-electron chi connectivity index (χ2n) is 3.73. The molecule has 0 heterocycles. The summed E-state index contributed by atoms with van der Waals surface area (Å²) in [6.45, 7) is 0. The molecule has 0 N–H and O–H groups in total. The predicted octanol–water partition coefficient (Wildman–Crippen LogP) is 5.21. The van der Waals surface area contributed by atoms with E-state index >= 15 is 0 Å². The van der Waals surface area contributed by atoms with Gasteiger partial charge in [0.1, 0.15) is 0 Å². The minimum atomic E-state index is -7.66. The van der Waals surface area contributed by atoms with E-state index in [9.17, 15) is 61.5 Å². The molecule has 14 heteroatoms.